The summed E-state index contributed by atoms with van der Waals surface area (Å²) >= 11 is -2.51. The van der Waals surface area contributed by atoms with Gasteiger partial charge in [-0.05, 0) is 0 Å². The number of rotatable bonds is 12. The second kappa shape index (κ2) is 11.3. The van der Waals surface area contributed by atoms with Gasteiger partial charge in [0.15, 0.2) is 0 Å². The minimum absolute atomic E-state index is 0.171. The Morgan fingerprint density at radius 1 is 0.957 bits per heavy atom. The zero-order valence-electron chi connectivity index (χ0n) is 15.9. The molecule has 0 aromatic carbocycles. The molecule has 0 aliphatic carbocycles. The van der Waals surface area contributed by atoms with Crippen molar-refractivity contribution in [2.24, 2.45) is 0 Å². The number of ether oxygens (including phenoxy) is 1. The van der Waals surface area contributed by atoms with Gasteiger partial charge < -0.3 is 0 Å². The normalized spacial score (nSPS) is 11.9. The van der Waals surface area contributed by atoms with E-state index in [-0.39, 0.29) is 6.10 Å². The Morgan fingerprint density at radius 3 is 1.91 bits per heavy atom. The van der Waals surface area contributed by atoms with Gasteiger partial charge in [-0.2, -0.15) is 0 Å². The third-order valence-electron chi connectivity index (χ3n) is 4.49. The number of nitrogens with zero attached hydrogens (tertiary/aromatic N) is 2. The fraction of sp³-hybridized carbons (Fsp3) is 0.789. The van der Waals surface area contributed by atoms with Crippen LogP contribution < -0.4 is 8.58 Å². The molecule has 0 fully saturated rings. The van der Waals surface area contributed by atoms with Crippen molar-refractivity contribution < 1.29 is 4.74 Å². The maximum atomic E-state index is 5.85. The molecule has 4 heteroatoms. The summed E-state index contributed by atoms with van der Waals surface area (Å²) in [6.07, 6.45) is 9.93. The molecule has 1 heterocycles. The van der Waals surface area contributed by atoms with Crippen LogP contribution in [0.5, 0.6) is 5.88 Å². The molecule has 0 aliphatic rings. The van der Waals surface area contributed by atoms with Gasteiger partial charge in [0.1, 0.15) is 0 Å². The topological polar surface area (TPSA) is 35.0 Å². The van der Waals surface area contributed by atoms with E-state index in [4.69, 9.17) is 14.7 Å². The predicted octanol–water partition coefficient (Wildman–Crippen LogP) is 5.32. The van der Waals surface area contributed by atoms with Crippen molar-refractivity contribution in [2.45, 2.75) is 92.6 Å². The molecule has 23 heavy (non-hydrogen) atoms. The van der Waals surface area contributed by atoms with Crippen molar-refractivity contribution in [1.29, 1.82) is 0 Å². The summed E-state index contributed by atoms with van der Waals surface area (Å²) in [4.78, 5) is 9.68. The molecule has 0 aliphatic heterocycles. The van der Waals surface area contributed by atoms with E-state index in [0.717, 1.165) is 5.88 Å². The van der Waals surface area contributed by atoms with E-state index in [9.17, 15) is 0 Å². The van der Waals surface area contributed by atoms with E-state index < -0.39 is 18.4 Å². The predicted molar refractivity (Wildman–Crippen MR) is 102 cm³/mol. The van der Waals surface area contributed by atoms with E-state index in [1.807, 2.05) is 12.3 Å². The van der Waals surface area contributed by atoms with Crippen molar-refractivity contribution in [3.05, 3.63) is 12.3 Å². The first-order valence-electron chi connectivity index (χ1n) is 9.58. The Bertz CT molecular complexity index is 415. The van der Waals surface area contributed by atoms with Crippen molar-refractivity contribution >= 4 is 22.2 Å². The Hall–Kier alpha value is -0.321. The molecule has 1 aromatic rings. The molecule has 0 saturated carbocycles. The quantitative estimate of drug-likeness (QED) is 0.424. The van der Waals surface area contributed by atoms with Crippen LogP contribution in [-0.4, -0.2) is 34.4 Å². The van der Waals surface area contributed by atoms with Crippen molar-refractivity contribution in [2.75, 3.05) is 0 Å². The van der Waals surface area contributed by atoms with Gasteiger partial charge in [0.2, 0.25) is 0 Å². The number of aromatic nitrogens is 2. The van der Waals surface area contributed by atoms with Crippen LogP contribution in [0.2, 0.25) is 13.3 Å². The van der Waals surface area contributed by atoms with Gasteiger partial charge in [-0.15, -0.1) is 0 Å². The summed E-state index contributed by atoms with van der Waals surface area (Å²) < 4.78 is 11.3. The average Bonchev–Trinajstić information content (AvgIpc) is 2.54. The zero-order valence-corrected chi connectivity index (χ0v) is 18.8. The summed E-state index contributed by atoms with van der Waals surface area (Å²) in [5.74, 6) is 0.774. The zero-order chi connectivity index (χ0) is 17.1. The first-order valence-corrected chi connectivity index (χ1v) is 17.1. The summed E-state index contributed by atoms with van der Waals surface area (Å²) in [5.41, 5.74) is 0. The van der Waals surface area contributed by atoms with Gasteiger partial charge in [0.05, 0.1) is 0 Å². The van der Waals surface area contributed by atoms with E-state index in [1.165, 1.54) is 55.7 Å². The van der Waals surface area contributed by atoms with Crippen molar-refractivity contribution in [3.63, 3.8) is 0 Å². The van der Waals surface area contributed by atoms with Crippen LogP contribution in [-0.2, 0) is 0 Å². The molecule has 0 bridgehead atoms. The minimum atomic E-state index is -2.51. The summed E-state index contributed by atoms with van der Waals surface area (Å²) in [6, 6.07) is 1.92. The van der Waals surface area contributed by atoms with E-state index in [2.05, 4.69) is 34.6 Å². The van der Waals surface area contributed by atoms with E-state index in [0.29, 0.717) is 0 Å². The second-order valence-corrected chi connectivity index (χ2v) is 19.8. The van der Waals surface area contributed by atoms with Crippen LogP contribution in [0.25, 0.3) is 0 Å². The molecule has 0 N–H and O–H groups in total. The van der Waals surface area contributed by atoms with Crippen LogP contribution in [0.15, 0.2) is 12.3 Å². The Morgan fingerprint density at radius 2 is 1.48 bits per heavy atom. The molecule has 1 rings (SSSR count). The molecular formula is C19H36N2OSn. The van der Waals surface area contributed by atoms with Crippen LogP contribution in [0.4, 0.5) is 0 Å². The van der Waals surface area contributed by atoms with Gasteiger partial charge in [-0.1, -0.05) is 0 Å². The number of hydrogen-bond acceptors (Lipinski definition) is 3. The van der Waals surface area contributed by atoms with Crippen LogP contribution in [0.3, 0.4) is 0 Å². The Labute approximate surface area is 147 Å². The standard InChI is InChI=1S/C7H9N2O.3C4H9.Sn/c1-6(2)10-7-3-4-8-5-9-7;3*1-3-4-2;/h3-4,6H,1-2H3;3*1,3-4H2,2H3;. The number of hydrogen-bond donors (Lipinski definition) is 0. The first kappa shape index (κ1) is 20.7. The van der Waals surface area contributed by atoms with E-state index in [1.54, 1.807) is 0 Å². The molecule has 3 nitrogen and oxygen atoms in total. The Kier molecular flexibility index (Phi) is 10.2. The number of unbranched alkanes of at least 4 members (excludes halogenated alkanes) is 3. The van der Waals surface area contributed by atoms with Crippen LogP contribution in [0.1, 0.15) is 73.1 Å². The Balaban J connectivity index is 3.12. The summed E-state index contributed by atoms with van der Waals surface area (Å²) in [7, 11) is 0. The van der Waals surface area contributed by atoms with Crippen LogP contribution in [0, 0.1) is 0 Å². The molecule has 0 saturated heterocycles. The monoisotopic (exact) mass is 428 g/mol. The molecule has 0 spiro atoms. The SMILES string of the molecule is CCC[CH2][Sn]([CH2]CCC)([CH2]CCC)[c]1nccc(OC(C)C)n1. The first-order chi connectivity index (χ1) is 11.1. The molecule has 0 atom stereocenters. The molecule has 0 unspecified atom stereocenters. The summed E-state index contributed by atoms with van der Waals surface area (Å²) in [5, 5.41) is 0. The van der Waals surface area contributed by atoms with Crippen LogP contribution >= 0.6 is 0 Å². The van der Waals surface area contributed by atoms with Crippen molar-refractivity contribution in [3.8, 4) is 5.88 Å². The molecule has 0 radical (unpaired) electrons. The van der Waals surface area contributed by atoms with Gasteiger partial charge >= 0.3 is 148 Å². The van der Waals surface area contributed by atoms with E-state index >= 15 is 0 Å². The van der Waals surface area contributed by atoms with Gasteiger partial charge in [-0.3, -0.25) is 0 Å². The second-order valence-electron chi connectivity index (χ2n) is 6.98. The van der Waals surface area contributed by atoms with Crippen molar-refractivity contribution in [1.82, 2.24) is 9.97 Å². The van der Waals surface area contributed by atoms with Gasteiger partial charge in [-0.25, -0.2) is 0 Å². The fourth-order valence-corrected chi connectivity index (χ4v) is 18.0. The molecule has 132 valence electrons. The third-order valence-corrected chi connectivity index (χ3v) is 19.1. The molecule has 1 aromatic heterocycles. The fourth-order valence-electron chi connectivity index (χ4n) is 3.16. The third kappa shape index (κ3) is 6.98. The maximum absolute atomic E-state index is 5.85. The summed E-state index contributed by atoms with van der Waals surface area (Å²) in [6.45, 7) is 11.0. The molecular weight excluding hydrogens is 391 g/mol. The van der Waals surface area contributed by atoms with Gasteiger partial charge in [0.25, 0.3) is 0 Å². The molecule has 0 amide bonds. The van der Waals surface area contributed by atoms with Gasteiger partial charge in [0, 0.05) is 0 Å². The average molecular weight is 427 g/mol.